The summed E-state index contributed by atoms with van der Waals surface area (Å²) in [4.78, 5) is 20.3. The highest BCUT2D eigenvalue weighted by atomic mass is 28.4. The second-order valence-corrected chi connectivity index (χ2v) is 14.4. The van der Waals surface area contributed by atoms with Crippen LogP contribution in [0.25, 0.3) is 0 Å². The van der Waals surface area contributed by atoms with Gasteiger partial charge in [0.15, 0.2) is 22.7 Å². The molecule has 0 spiro atoms. The standard InChI is InChI=1S/C8H20N2O4Si2/c1-15(2,3)14-16(4,5)7-8(9-11)6-10(12)13/h8H,6-7H2,1-5H3. The van der Waals surface area contributed by atoms with Crippen molar-refractivity contribution in [2.75, 3.05) is 6.54 Å². The smallest absolute Gasteiger partial charge is 0.229 e. The van der Waals surface area contributed by atoms with Gasteiger partial charge in [0.25, 0.3) is 0 Å². The summed E-state index contributed by atoms with van der Waals surface area (Å²) in [6.07, 6.45) is 0. The summed E-state index contributed by atoms with van der Waals surface area (Å²) in [7, 11) is -3.69. The van der Waals surface area contributed by atoms with Crippen LogP contribution in [0.5, 0.6) is 0 Å². The molecule has 0 saturated carbocycles. The van der Waals surface area contributed by atoms with Crippen molar-refractivity contribution in [3.05, 3.63) is 15.0 Å². The van der Waals surface area contributed by atoms with Crippen molar-refractivity contribution in [2.45, 2.75) is 44.8 Å². The summed E-state index contributed by atoms with van der Waals surface area (Å²) in [5, 5.41) is 13.2. The highest BCUT2D eigenvalue weighted by molar-refractivity contribution is 6.84. The Kier molecular flexibility index (Phi) is 5.43. The van der Waals surface area contributed by atoms with Gasteiger partial charge in [-0.05, 0) is 38.8 Å². The molecule has 94 valence electrons. The summed E-state index contributed by atoms with van der Waals surface area (Å²) < 4.78 is 6.00. The van der Waals surface area contributed by atoms with Crippen molar-refractivity contribution in [1.29, 1.82) is 0 Å². The van der Waals surface area contributed by atoms with Gasteiger partial charge < -0.3 is 4.12 Å². The molecule has 0 amide bonds. The third kappa shape index (κ3) is 7.66. The van der Waals surface area contributed by atoms with Crippen LogP contribution in [0.1, 0.15) is 0 Å². The van der Waals surface area contributed by atoms with Gasteiger partial charge in [0, 0.05) is 4.92 Å². The number of nitroso groups, excluding NO2 is 1. The zero-order valence-electron chi connectivity index (χ0n) is 10.5. The van der Waals surface area contributed by atoms with Crippen molar-refractivity contribution in [1.82, 2.24) is 0 Å². The minimum Gasteiger partial charge on any atom is -0.456 e. The average molecular weight is 264 g/mol. The zero-order valence-corrected chi connectivity index (χ0v) is 12.5. The molecule has 1 unspecified atom stereocenters. The summed E-state index contributed by atoms with van der Waals surface area (Å²) in [5.41, 5.74) is 0. The van der Waals surface area contributed by atoms with Crippen LogP contribution in [0, 0.1) is 15.0 Å². The molecule has 0 aliphatic rings. The number of hydrogen-bond donors (Lipinski definition) is 0. The number of nitro groups is 1. The van der Waals surface area contributed by atoms with Crippen LogP contribution in [-0.4, -0.2) is 34.1 Å². The molecule has 0 bridgehead atoms. The molecule has 8 heteroatoms. The highest BCUT2D eigenvalue weighted by Crippen LogP contribution is 2.21. The van der Waals surface area contributed by atoms with E-state index in [1.807, 2.05) is 13.1 Å². The summed E-state index contributed by atoms with van der Waals surface area (Å²) in [6.45, 7) is 9.76. The quantitative estimate of drug-likeness (QED) is 0.306. The Hall–Kier alpha value is -0.606. The van der Waals surface area contributed by atoms with E-state index in [2.05, 4.69) is 24.8 Å². The maximum Gasteiger partial charge on any atom is 0.229 e. The van der Waals surface area contributed by atoms with E-state index in [4.69, 9.17) is 4.12 Å². The molecule has 0 N–H and O–H groups in total. The van der Waals surface area contributed by atoms with Gasteiger partial charge in [0.05, 0.1) is 0 Å². The summed E-state index contributed by atoms with van der Waals surface area (Å²) >= 11 is 0. The third-order valence-corrected chi connectivity index (χ3v) is 7.93. The average Bonchev–Trinajstić information content (AvgIpc) is 1.96. The SMILES string of the molecule is C[Si](C)(C)O[Si](C)(C)CC(C[N+](=O)[O-])N=O. The fourth-order valence-corrected chi connectivity index (χ4v) is 10.0. The van der Waals surface area contributed by atoms with Gasteiger partial charge in [-0.1, -0.05) is 5.18 Å². The second-order valence-electron chi connectivity index (χ2n) is 5.45. The van der Waals surface area contributed by atoms with Gasteiger partial charge >= 0.3 is 0 Å². The van der Waals surface area contributed by atoms with E-state index in [1.165, 1.54) is 0 Å². The van der Waals surface area contributed by atoms with Crippen LogP contribution in [0.15, 0.2) is 5.18 Å². The lowest BCUT2D eigenvalue weighted by molar-refractivity contribution is -0.481. The molecule has 0 aliphatic heterocycles. The van der Waals surface area contributed by atoms with E-state index in [9.17, 15) is 15.0 Å². The molecule has 6 nitrogen and oxygen atoms in total. The molecule has 0 aliphatic carbocycles. The van der Waals surface area contributed by atoms with Crippen molar-refractivity contribution >= 4 is 16.6 Å². The van der Waals surface area contributed by atoms with E-state index in [-0.39, 0.29) is 0 Å². The molecular weight excluding hydrogens is 244 g/mol. The lowest BCUT2D eigenvalue weighted by Crippen LogP contribution is -2.44. The van der Waals surface area contributed by atoms with Gasteiger partial charge in [-0.3, -0.25) is 10.1 Å². The maximum atomic E-state index is 10.5. The van der Waals surface area contributed by atoms with Crippen LogP contribution >= 0.6 is 0 Å². The molecule has 0 heterocycles. The molecule has 1 atom stereocenters. The fraction of sp³-hybridized carbons (Fsp3) is 1.00. The third-order valence-electron chi connectivity index (χ3n) is 1.82. The number of hydrogen-bond acceptors (Lipinski definition) is 5. The first-order valence-corrected chi connectivity index (χ1v) is 11.7. The topological polar surface area (TPSA) is 81.8 Å². The first kappa shape index (κ1) is 15.4. The molecule has 0 aromatic heterocycles. The van der Waals surface area contributed by atoms with Crippen LogP contribution in [-0.2, 0) is 4.12 Å². The van der Waals surface area contributed by atoms with Crippen LogP contribution in [0.3, 0.4) is 0 Å². The Labute approximate surface area is 97.8 Å². The lowest BCUT2D eigenvalue weighted by Gasteiger charge is -2.31. The monoisotopic (exact) mass is 264 g/mol. The van der Waals surface area contributed by atoms with Crippen molar-refractivity contribution in [2.24, 2.45) is 5.18 Å². The lowest BCUT2D eigenvalue weighted by atomic mass is 10.4. The number of nitrogens with zero attached hydrogens (tertiary/aromatic N) is 2. The molecule has 0 aromatic rings. The van der Waals surface area contributed by atoms with Crippen molar-refractivity contribution in [3.63, 3.8) is 0 Å². The highest BCUT2D eigenvalue weighted by Gasteiger charge is 2.34. The Morgan fingerprint density at radius 3 is 2.12 bits per heavy atom. The predicted octanol–water partition coefficient (Wildman–Crippen LogP) is 2.45. The van der Waals surface area contributed by atoms with Gasteiger partial charge in [-0.15, -0.1) is 0 Å². The molecule has 0 radical (unpaired) electrons. The van der Waals surface area contributed by atoms with E-state index in [1.54, 1.807) is 0 Å². The summed E-state index contributed by atoms with van der Waals surface area (Å²) in [6, 6.07) is -0.338. The number of rotatable bonds is 7. The van der Waals surface area contributed by atoms with Crippen molar-refractivity contribution in [3.8, 4) is 0 Å². The Morgan fingerprint density at radius 2 is 1.81 bits per heavy atom. The van der Waals surface area contributed by atoms with E-state index in [0.29, 0.717) is 6.04 Å². The predicted molar refractivity (Wildman–Crippen MR) is 68.2 cm³/mol. The first-order valence-electron chi connectivity index (χ1n) is 5.20. The largest absolute Gasteiger partial charge is 0.456 e. The summed E-state index contributed by atoms with van der Waals surface area (Å²) in [5.74, 6) is 0. The molecule has 0 saturated heterocycles. The van der Waals surface area contributed by atoms with Crippen molar-refractivity contribution < 1.29 is 9.04 Å². The Balaban J connectivity index is 4.42. The Morgan fingerprint density at radius 1 is 1.31 bits per heavy atom. The zero-order chi connectivity index (χ0) is 13.0. The minimum absolute atomic E-state index is 0.394. The van der Waals surface area contributed by atoms with E-state index in [0.717, 1.165) is 0 Å². The molecule has 0 aromatic carbocycles. The maximum absolute atomic E-state index is 10.5. The van der Waals surface area contributed by atoms with Crippen LogP contribution in [0.4, 0.5) is 0 Å². The van der Waals surface area contributed by atoms with E-state index >= 15 is 0 Å². The second kappa shape index (κ2) is 5.64. The Bertz CT molecular complexity index is 265. The molecule has 0 rings (SSSR count). The van der Waals surface area contributed by atoms with Crippen LogP contribution < -0.4 is 0 Å². The molecule has 0 fully saturated rings. The van der Waals surface area contributed by atoms with Gasteiger partial charge in [0.1, 0.15) is 0 Å². The normalized spacial score (nSPS) is 14.6. The van der Waals surface area contributed by atoms with Gasteiger partial charge in [-0.25, -0.2) is 0 Å². The molecule has 16 heavy (non-hydrogen) atoms. The van der Waals surface area contributed by atoms with Gasteiger partial charge in [0.2, 0.25) is 6.54 Å². The van der Waals surface area contributed by atoms with Gasteiger partial charge in [-0.2, -0.15) is 4.91 Å². The minimum atomic E-state index is -2.03. The fourth-order valence-electron chi connectivity index (χ4n) is 1.75. The first-order chi connectivity index (χ1) is 7.06. The van der Waals surface area contributed by atoms with E-state index < -0.39 is 34.1 Å². The van der Waals surface area contributed by atoms with Crippen LogP contribution in [0.2, 0.25) is 38.8 Å². The molecular formula is C8H20N2O4Si2.